The lowest BCUT2D eigenvalue weighted by Crippen LogP contribution is -2.26. The van der Waals surface area contributed by atoms with Gasteiger partial charge in [-0.2, -0.15) is 0 Å². The Morgan fingerprint density at radius 2 is 2.00 bits per heavy atom. The highest BCUT2D eigenvalue weighted by Gasteiger charge is 2.22. The number of nitrogen functional groups attached to an aromatic ring is 1. The van der Waals surface area contributed by atoms with Gasteiger partial charge in [0.25, 0.3) is 0 Å². The van der Waals surface area contributed by atoms with Crippen molar-refractivity contribution in [2.75, 3.05) is 5.73 Å². The lowest BCUT2D eigenvalue weighted by Gasteiger charge is -2.18. The molecule has 92 valence electrons. The van der Waals surface area contributed by atoms with Crippen LogP contribution >= 0.6 is 0 Å². The van der Waals surface area contributed by atoms with Gasteiger partial charge in [-0.05, 0) is 32.9 Å². The van der Waals surface area contributed by atoms with Gasteiger partial charge in [-0.3, -0.25) is 0 Å². The molecular formula is C11H14N2O4. The van der Waals surface area contributed by atoms with E-state index in [9.17, 15) is 9.59 Å². The Balaban J connectivity index is 2.68. The third kappa shape index (κ3) is 4.10. The van der Waals surface area contributed by atoms with Gasteiger partial charge in [0.1, 0.15) is 17.0 Å². The normalized spacial score (nSPS) is 10.8. The van der Waals surface area contributed by atoms with E-state index >= 15 is 0 Å². The van der Waals surface area contributed by atoms with Crippen LogP contribution in [0.1, 0.15) is 31.1 Å². The molecule has 0 aliphatic carbocycles. The summed E-state index contributed by atoms with van der Waals surface area (Å²) in [6.45, 7) is 4.99. The van der Waals surface area contributed by atoms with Crippen molar-refractivity contribution in [1.29, 1.82) is 0 Å². The first kappa shape index (κ1) is 13.0. The van der Waals surface area contributed by atoms with Crippen LogP contribution in [0.4, 0.5) is 10.6 Å². The Morgan fingerprint density at radius 1 is 1.35 bits per heavy atom. The number of hydrogen-bond acceptors (Lipinski definition) is 6. The van der Waals surface area contributed by atoms with Crippen LogP contribution in [0.5, 0.6) is 0 Å². The summed E-state index contributed by atoms with van der Waals surface area (Å²) in [5.41, 5.74) is 4.76. The minimum absolute atomic E-state index is 0.000980. The Hall–Kier alpha value is -2.11. The molecule has 6 heteroatoms. The largest absolute Gasteiger partial charge is 0.516 e. The van der Waals surface area contributed by atoms with Gasteiger partial charge in [-0.15, -0.1) is 0 Å². The highest BCUT2D eigenvalue weighted by molar-refractivity contribution is 5.98. The van der Waals surface area contributed by atoms with Crippen molar-refractivity contribution in [2.45, 2.75) is 26.4 Å². The lowest BCUT2D eigenvalue weighted by atomic mass is 10.2. The summed E-state index contributed by atoms with van der Waals surface area (Å²) in [5, 5.41) is 0. The Morgan fingerprint density at radius 3 is 2.53 bits per heavy atom. The van der Waals surface area contributed by atoms with E-state index in [4.69, 9.17) is 10.5 Å². The quantitative estimate of drug-likeness (QED) is 0.592. The molecule has 0 saturated carbocycles. The molecule has 1 aromatic rings. The average molecular weight is 238 g/mol. The molecule has 17 heavy (non-hydrogen) atoms. The number of hydrogen-bond donors (Lipinski definition) is 1. The van der Waals surface area contributed by atoms with E-state index in [0.717, 1.165) is 0 Å². The van der Waals surface area contributed by atoms with Crippen LogP contribution in [-0.2, 0) is 9.47 Å². The number of nitrogens with two attached hydrogens (primary N) is 1. The molecule has 0 unspecified atom stereocenters. The standard InChI is InChI=1S/C11H14N2O4/c1-11(2,3)17-10(15)16-9(14)7-5-4-6-13-8(7)12/h4-6H,1-3H3,(H2,12,13). The predicted molar refractivity (Wildman–Crippen MR) is 60.3 cm³/mol. The average Bonchev–Trinajstić information content (AvgIpc) is 2.14. The molecule has 1 rings (SSSR count). The molecule has 0 fully saturated rings. The molecular weight excluding hydrogens is 224 g/mol. The van der Waals surface area contributed by atoms with Crippen LogP contribution in [0.15, 0.2) is 18.3 Å². The SMILES string of the molecule is CC(C)(C)OC(=O)OC(=O)c1cccnc1N. The maximum absolute atomic E-state index is 11.5. The number of carbonyl (C=O) groups is 2. The zero-order valence-corrected chi connectivity index (χ0v) is 9.89. The molecule has 0 aliphatic heterocycles. The van der Waals surface area contributed by atoms with Crippen LogP contribution in [0, 0.1) is 0 Å². The van der Waals surface area contributed by atoms with Crippen molar-refractivity contribution in [3.8, 4) is 0 Å². The first-order valence-corrected chi connectivity index (χ1v) is 4.95. The van der Waals surface area contributed by atoms with Gasteiger partial charge in [-0.25, -0.2) is 14.6 Å². The number of esters is 1. The fraction of sp³-hybridized carbons (Fsp3) is 0.364. The monoisotopic (exact) mass is 238 g/mol. The maximum Gasteiger partial charge on any atom is 0.516 e. The number of carbonyl (C=O) groups excluding carboxylic acids is 2. The molecule has 0 bridgehead atoms. The first-order chi connectivity index (χ1) is 7.79. The molecule has 0 aromatic carbocycles. The topological polar surface area (TPSA) is 91.5 Å². The van der Waals surface area contributed by atoms with E-state index in [0.29, 0.717) is 0 Å². The highest BCUT2D eigenvalue weighted by atomic mass is 16.7. The van der Waals surface area contributed by atoms with Gasteiger partial charge >= 0.3 is 12.1 Å². The molecule has 1 aromatic heterocycles. The summed E-state index contributed by atoms with van der Waals surface area (Å²) in [7, 11) is 0. The van der Waals surface area contributed by atoms with E-state index in [1.165, 1.54) is 18.3 Å². The second-order valence-corrected chi connectivity index (χ2v) is 4.29. The van der Waals surface area contributed by atoms with Crippen LogP contribution in [-0.4, -0.2) is 22.7 Å². The third-order valence-corrected chi connectivity index (χ3v) is 1.62. The zero-order chi connectivity index (χ0) is 13.1. The lowest BCUT2D eigenvalue weighted by molar-refractivity contribution is -0.00150. The van der Waals surface area contributed by atoms with Crippen molar-refractivity contribution in [1.82, 2.24) is 4.98 Å². The minimum Gasteiger partial charge on any atom is -0.428 e. The summed E-state index contributed by atoms with van der Waals surface area (Å²) < 4.78 is 9.30. The summed E-state index contributed by atoms with van der Waals surface area (Å²) in [4.78, 5) is 26.5. The van der Waals surface area contributed by atoms with Crippen LogP contribution in [0.25, 0.3) is 0 Å². The molecule has 0 amide bonds. The number of anilines is 1. The fourth-order valence-corrected chi connectivity index (χ4v) is 0.992. The van der Waals surface area contributed by atoms with Gasteiger partial charge in [0.05, 0.1) is 0 Å². The second-order valence-electron chi connectivity index (χ2n) is 4.29. The molecule has 6 nitrogen and oxygen atoms in total. The third-order valence-electron chi connectivity index (χ3n) is 1.62. The number of aromatic nitrogens is 1. The molecule has 0 spiro atoms. The second kappa shape index (κ2) is 4.82. The number of ether oxygens (including phenoxy) is 2. The van der Waals surface area contributed by atoms with E-state index in [-0.39, 0.29) is 11.4 Å². The summed E-state index contributed by atoms with van der Waals surface area (Å²) >= 11 is 0. The number of pyridine rings is 1. The van der Waals surface area contributed by atoms with Crippen LogP contribution < -0.4 is 5.73 Å². The molecule has 2 N–H and O–H groups in total. The molecule has 0 saturated heterocycles. The highest BCUT2D eigenvalue weighted by Crippen LogP contribution is 2.12. The smallest absolute Gasteiger partial charge is 0.428 e. The number of nitrogens with zero attached hydrogens (tertiary/aromatic N) is 1. The van der Waals surface area contributed by atoms with E-state index in [1.807, 2.05) is 0 Å². The first-order valence-electron chi connectivity index (χ1n) is 4.95. The summed E-state index contributed by atoms with van der Waals surface area (Å²) in [6, 6.07) is 2.93. The van der Waals surface area contributed by atoms with E-state index in [1.54, 1.807) is 20.8 Å². The van der Waals surface area contributed by atoms with Crippen molar-refractivity contribution in [3.05, 3.63) is 23.9 Å². The zero-order valence-electron chi connectivity index (χ0n) is 9.89. The van der Waals surface area contributed by atoms with E-state index < -0.39 is 17.7 Å². The Bertz CT molecular complexity index is 437. The molecule has 0 aliphatic rings. The Labute approximate surface area is 98.7 Å². The molecule has 0 atom stereocenters. The predicted octanol–water partition coefficient (Wildman–Crippen LogP) is 1.76. The van der Waals surface area contributed by atoms with Crippen LogP contribution in [0.3, 0.4) is 0 Å². The van der Waals surface area contributed by atoms with Crippen molar-refractivity contribution in [3.63, 3.8) is 0 Å². The van der Waals surface area contributed by atoms with E-state index in [2.05, 4.69) is 9.72 Å². The van der Waals surface area contributed by atoms with Gasteiger partial charge in [-0.1, -0.05) is 0 Å². The number of rotatable bonds is 1. The fourth-order valence-electron chi connectivity index (χ4n) is 0.992. The van der Waals surface area contributed by atoms with Crippen molar-refractivity contribution in [2.24, 2.45) is 0 Å². The van der Waals surface area contributed by atoms with Gasteiger partial charge in [0.2, 0.25) is 0 Å². The van der Waals surface area contributed by atoms with Crippen molar-refractivity contribution < 1.29 is 19.1 Å². The van der Waals surface area contributed by atoms with Crippen molar-refractivity contribution >= 4 is 17.9 Å². The molecule has 1 heterocycles. The summed E-state index contributed by atoms with van der Waals surface area (Å²) in [6.07, 6.45) is 0.366. The van der Waals surface area contributed by atoms with Gasteiger partial charge in [0.15, 0.2) is 0 Å². The summed E-state index contributed by atoms with van der Waals surface area (Å²) in [5.74, 6) is -0.883. The van der Waals surface area contributed by atoms with Crippen LogP contribution in [0.2, 0.25) is 0 Å². The Kier molecular flexibility index (Phi) is 3.67. The van der Waals surface area contributed by atoms with Gasteiger partial charge < -0.3 is 15.2 Å². The maximum atomic E-state index is 11.5. The van der Waals surface area contributed by atoms with Gasteiger partial charge in [0, 0.05) is 6.20 Å². The molecule has 0 radical (unpaired) electrons. The minimum atomic E-state index is -1.06.